The third-order valence-corrected chi connectivity index (χ3v) is 6.09. The van der Waals surface area contributed by atoms with Crippen molar-refractivity contribution in [2.24, 2.45) is 5.92 Å². The Hall–Kier alpha value is -1.34. The summed E-state index contributed by atoms with van der Waals surface area (Å²) in [6.45, 7) is 16.8. The van der Waals surface area contributed by atoms with E-state index >= 15 is 0 Å². The zero-order valence-corrected chi connectivity index (χ0v) is 19.6. The average Bonchev–Trinajstić information content (AvgIpc) is 2.61. The molecule has 1 aliphatic carbocycles. The number of unbranched alkanes of at least 4 members (excludes halogenated alkanes) is 2. The fraction of sp³-hybridized carbons (Fsp3) is 0.577. The second kappa shape index (κ2) is 12.3. The summed E-state index contributed by atoms with van der Waals surface area (Å²) in [6.07, 6.45) is 12.5. The van der Waals surface area contributed by atoms with Crippen molar-refractivity contribution < 1.29 is 4.79 Å². The Morgan fingerprint density at radius 1 is 1.14 bits per heavy atom. The van der Waals surface area contributed by atoms with E-state index in [1.165, 1.54) is 40.7 Å². The van der Waals surface area contributed by atoms with Crippen LogP contribution in [-0.2, 0) is 4.79 Å². The number of halogens is 1. The van der Waals surface area contributed by atoms with E-state index in [9.17, 15) is 4.79 Å². The van der Waals surface area contributed by atoms with Crippen LogP contribution >= 0.6 is 11.6 Å². The summed E-state index contributed by atoms with van der Waals surface area (Å²) in [5.74, 6) is 0.209. The maximum Gasteiger partial charge on any atom is 0.130 e. The van der Waals surface area contributed by atoms with Crippen molar-refractivity contribution >= 4 is 17.4 Å². The molecule has 0 spiro atoms. The Labute approximate surface area is 178 Å². The van der Waals surface area contributed by atoms with Crippen LogP contribution in [0.5, 0.6) is 0 Å². The molecule has 0 aromatic rings. The molecular formula is C26H39ClO. The second-order valence-corrected chi connectivity index (χ2v) is 8.85. The van der Waals surface area contributed by atoms with Crippen LogP contribution in [0.2, 0.25) is 0 Å². The highest BCUT2D eigenvalue weighted by Gasteiger charge is 2.29. The first-order valence-corrected chi connectivity index (χ1v) is 11.1. The Kier molecular flexibility index (Phi) is 10.8. The average molecular weight is 403 g/mol. The lowest BCUT2D eigenvalue weighted by Crippen LogP contribution is -2.18. The molecule has 0 radical (unpaired) electrons. The normalized spacial score (nSPS) is 18.0. The van der Waals surface area contributed by atoms with Crippen LogP contribution in [-0.4, -0.2) is 5.78 Å². The van der Waals surface area contributed by atoms with Crippen molar-refractivity contribution in [3.63, 3.8) is 0 Å². The van der Waals surface area contributed by atoms with Gasteiger partial charge in [-0.3, -0.25) is 4.79 Å². The maximum absolute atomic E-state index is 12.0. The molecule has 0 fully saturated rings. The van der Waals surface area contributed by atoms with E-state index in [1.54, 1.807) is 6.92 Å². The van der Waals surface area contributed by atoms with Crippen molar-refractivity contribution in [2.75, 3.05) is 0 Å². The van der Waals surface area contributed by atoms with E-state index in [2.05, 4.69) is 53.3 Å². The number of carbonyl (C=O) groups excluding carboxylic acids is 1. The summed E-state index contributed by atoms with van der Waals surface area (Å²) in [7, 11) is 0. The van der Waals surface area contributed by atoms with E-state index in [1.807, 2.05) is 0 Å². The zero-order chi connectivity index (χ0) is 21.3. The third kappa shape index (κ3) is 7.59. The Morgan fingerprint density at radius 3 is 2.39 bits per heavy atom. The molecule has 0 aromatic carbocycles. The number of rotatable bonds is 11. The van der Waals surface area contributed by atoms with Crippen LogP contribution in [0.3, 0.4) is 0 Å². The van der Waals surface area contributed by atoms with Gasteiger partial charge in [0.1, 0.15) is 5.78 Å². The summed E-state index contributed by atoms with van der Waals surface area (Å²) in [5.41, 5.74) is 7.50. The van der Waals surface area contributed by atoms with Crippen molar-refractivity contribution in [3.8, 4) is 0 Å². The first-order valence-electron chi connectivity index (χ1n) is 10.7. The summed E-state index contributed by atoms with van der Waals surface area (Å²) in [4.78, 5) is 12.0. The monoisotopic (exact) mass is 402 g/mol. The molecule has 0 aromatic heterocycles. The minimum absolute atomic E-state index is 0.0168. The number of ketones is 1. The minimum Gasteiger partial charge on any atom is -0.300 e. The number of hydrogen-bond donors (Lipinski definition) is 0. The quantitative estimate of drug-likeness (QED) is 0.249. The first-order chi connectivity index (χ1) is 13.2. The first kappa shape index (κ1) is 24.7. The molecule has 1 nitrogen and oxygen atoms in total. The highest BCUT2D eigenvalue weighted by molar-refractivity contribution is 6.31. The summed E-state index contributed by atoms with van der Waals surface area (Å²) < 4.78 is 0. The lowest BCUT2D eigenvalue weighted by molar-refractivity contribution is -0.117. The molecular weight excluding hydrogens is 364 g/mol. The van der Waals surface area contributed by atoms with Crippen molar-refractivity contribution in [1.29, 1.82) is 0 Å². The molecule has 0 bridgehead atoms. The van der Waals surface area contributed by atoms with Gasteiger partial charge < -0.3 is 0 Å². The second-order valence-electron chi connectivity index (χ2n) is 8.45. The molecule has 1 unspecified atom stereocenters. The van der Waals surface area contributed by atoms with Crippen molar-refractivity contribution in [3.05, 3.63) is 57.2 Å². The Bertz CT molecular complexity index is 696. The van der Waals surface area contributed by atoms with Crippen molar-refractivity contribution in [2.45, 2.75) is 92.9 Å². The molecule has 0 heterocycles. The molecule has 2 heteroatoms. The zero-order valence-electron chi connectivity index (χ0n) is 18.9. The van der Waals surface area contributed by atoms with Gasteiger partial charge >= 0.3 is 0 Å². The predicted octanol–water partition coefficient (Wildman–Crippen LogP) is 8.62. The van der Waals surface area contributed by atoms with E-state index < -0.39 is 0 Å². The van der Waals surface area contributed by atoms with Crippen LogP contribution in [0, 0.1) is 5.92 Å². The molecule has 28 heavy (non-hydrogen) atoms. The summed E-state index contributed by atoms with van der Waals surface area (Å²) in [6, 6.07) is 0. The Balaban J connectivity index is 3.06. The van der Waals surface area contributed by atoms with Gasteiger partial charge in [0.2, 0.25) is 0 Å². The number of hydrogen-bond acceptors (Lipinski definition) is 1. The molecule has 156 valence electrons. The van der Waals surface area contributed by atoms with E-state index in [-0.39, 0.29) is 11.7 Å². The van der Waals surface area contributed by atoms with Crippen LogP contribution < -0.4 is 0 Å². The van der Waals surface area contributed by atoms with Gasteiger partial charge in [0.25, 0.3) is 0 Å². The summed E-state index contributed by atoms with van der Waals surface area (Å²) in [5, 5.41) is 0.854. The van der Waals surface area contributed by atoms with Crippen LogP contribution in [0.1, 0.15) is 92.9 Å². The van der Waals surface area contributed by atoms with Gasteiger partial charge in [0.15, 0.2) is 0 Å². The fourth-order valence-electron chi connectivity index (χ4n) is 3.78. The minimum atomic E-state index is 0.0168. The van der Waals surface area contributed by atoms with E-state index in [4.69, 9.17) is 11.6 Å². The highest BCUT2D eigenvalue weighted by Crippen LogP contribution is 2.44. The van der Waals surface area contributed by atoms with Crippen LogP contribution in [0.4, 0.5) is 0 Å². The number of Topliss-reactive ketones (excluding diaryl/α,β-unsaturated/α-hetero) is 1. The highest BCUT2D eigenvalue weighted by atomic mass is 35.5. The van der Waals surface area contributed by atoms with E-state index in [0.717, 1.165) is 42.7 Å². The van der Waals surface area contributed by atoms with Gasteiger partial charge in [-0.25, -0.2) is 0 Å². The SMILES string of the molecule is C=C1C(C)=C(C/C=C(\C)CCC=C(C)C)C(CC(C)=O)C(Cl)=C1CCCCC. The van der Waals surface area contributed by atoms with Gasteiger partial charge in [-0.1, -0.05) is 66.8 Å². The molecule has 1 atom stereocenters. The van der Waals surface area contributed by atoms with Gasteiger partial charge in [-0.2, -0.15) is 0 Å². The number of allylic oxidation sites excluding steroid dienone is 9. The largest absolute Gasteiger partial charge is 0.300 e. The van der Waals surface area contributed by atoms with Crippen molar-refractivity contribution in [1.82, 2.24) is 0 Å². The standard InChI is InChI=1S/C26H39ClO/c1-8-9-10-14-24-22(7)21(6)23(25(26(24)27)17-20(5)28)16-15-19(4)13-11-12-18(2)3/h12,15,25H,7-11,13-14,16-17H2,1-6H3/b19-15+. The van der Waals surface area contributed by atoms with Gasteiger partial charge in [-0.15, -0.1) is 0 Å². The number of carbonyl (C=O) groups is 1. The summed E-state index contributed by atoms with van der Waals surface area (Å²) >= 11 is 6.86. The van der Waals surface area contributed by atoms with Gasteiger partial charge in [0.05, 0.1) is 0 Å². The smallest absolute Gasteiger partial charge is 0.130 e. The Morgan fingerprint density at radius 2 is 1.82 bits per heavy atom. The van der Waals surface area contributed by atoms with Crippen LogP contribution in [0.15, 0.2) is 57.2 Å². The molecule has 0 saturated carbocycles. The fourth-order valence-corrected chi connectivity index (χ4v) is 4.20. The molecule has 0 amide bonds. The molecule has 1 rings (SSSR count). The topological polar surface area (TPSA) is 17.1 Å². The maximum atomic E-state index is 12.0. The lowest BCUT2D eigenvalue weighted by Gasteiger charge is -2.31. The lowest BCUT2D eigenvalue weighted by atomic mass is 9.76. The van der Waals surface area contributed by atoms with Crippen LogP contribution in [0.25, 0.3) is 0 Å². The molecule has 0 N–H and O–H groups in total. The van der Waals surface area contributed by atoms with E-state index in [0.29, 0.717) is 6.42 Å². The molecule has 1 aliphatic rings. The van der Waals surface area contributed by atoms with Gasteiger partial charge in [-0.05, 0) is 83.4 Å². The third-order valence-electron chi connectivity index (χ3n) is 5.60. The molecule has 0 saturated heterocycles. The predicted molar refractivity (Wildman–Crippen MR) is 125 cm³/mol. The van der Waals surface area contributed by atoms with Gasteiger partial charge in [0, 0.05) is 17.4 Å². The molecule has 0 aliphatic heterocycles.